The lowest BCUT2D eigenvalue weighted by atomic mass is 9.87. The second-order valence-electron chi connectivity index (χ2n) is 5.05. The van der Waals surface area contributed by atoms with Crippen LogP contribution in [-0.4, -0.2) is 17.6 Å². The fourth-order valence-electron chi connectivity index (χ4n) is 2.67. The van der Waals surface area contributed by atoms with Crippen LogP contribution in [0.3, 0.4) is 0 Å². The van der Waals surface area contributed by atoms with E-state index in [4.69, 9.17) is 9.52 Å². The fraction of sp³-hybridized carbons (Fsp3) is 0.643. The highest BCUT2D eigenvalue weighted by Crippen LogP contribution is 2.25. The third kappa shape index (κ3) is 3.60. The maximum absolute atomic E-state index is 10.8. The molecule has 1 aromatic heterocycles. The molecule has 0 aromatic carbocycles. The van der Waals surface area contributed by atoms with Crippen molar-refractivity contribution in [1.29, 1.82) is 0 Å². The second-order valence-corrected chi connectivity index (χ2v) is 5.05. The molecule has 18 heavy (non-hydrogen) atoms. The summed E-state index contributed by atoms with van der Waals surface area (Å²) in [7, 11) is 0. The molecular weight excluding hydrogens is 230 g/mol. The normalized spacial score (nSPS) is 16.9. The first-order valence-corrected chi connectivity index (χ1v) is 6.77. The predicted octanol–water partition coefficient (Wildman–Crippen LogP) is 3.04. The molecule has 1 aromatic rings. The van der Waals surface area contributed by atoms with E-state index >= 15 is 0 Å². The van der Waals surface area contributed by atoms with E-state index in [1.807, 2.05) is 0 Å². The van der Waals surface area contributed by atoms with Crippen molar-refractivity contribution in [1.82, 2.24) is 5.32 Å². The van der Waals surface area contributed by atoms with Gasteiger partial charge in [0.25, 0.3) is 0 Å². The van der Waals surface area contributed by atoms with Crippen LogP contribution in [0.1, 0.15) is 54.6 Å². The van der Waals surface area contributed by atoms with Crippen molar-refractivity contribution in [2.24, 2.45) is 5.92 Å². The molecule has 1 aliphatic rings. The summed E-state index contributed by atoms with van der Waals surface area (Å²) in [6, 6.07) is 1.72. The van der Waals surface area contributed by atoms with Crippen LogP contribution in [0.4, 0.5) is 0 Å². The topological polar surface area (TPSA) is 62.5 Å². The van der Waals surface area contributed by atoms with E-state index in [1.165, 1.54) is 44.8 Å². The van der Waals surface area contributed by atoms with E-state index in [2.05, 4.69) is 5.32 Å². The lowest BCUT2D eigenvalue weighted by Crippen LogP contribution is -2.19. The highest BCUT2D eigenvalue weighted by Gasteiger charge is 2.14. The van der Waals surface area contributed by atoms with E-state index < -0.39 is 5.97 Å². The number of hydrogen-bond donors (Lipinski definition) is 2. The number of hydrogen-bond acceptors (Lipinski definition) is 3. The molecule has 100 valence electrons. The molecule has 4 nitrogen and oxygen atoms in total. The highest BCUT2D eigenvalue weighted by molar-refractivity contribution is 5.86. The van der Waals surface area contributed by atoms with Gasteiger partial charge in [-0.3, -0.25) is 0 Å². The van der Waals surface area contributed by atoms with Crippen LogP contribution in [-0.2, 0) is 6.54 Å². The molecule has 0 atom stereocenters. The summed E-state index contributed by atoms with van der Waals surface area (Å²) < 4.78 is 4.93. The van der Waals surface area contributed by atoms with Crippen molar-refractivity contribution in [2.75, 3.05) is 6.54 Å². The third-order valence-electron chi connectivity index (χ3n) is 3.71. The standard InChI is InChI=1S/C14H21NO3/c16-14(17)13-12(7-9-18-13)10-15-8-6-11-4-2-1-3-5-11/h7,9,11,15H,1-6,8,10H2,(H,16,17). The van der Waals surface area contributed by atoms with E-state index in [9.17, 15) is 4.79 Å². The number of carboxylic acid groups (broad SMARTS) is 1. The zero-order chi connectivity index (χ0) is 12.8. The van der Waals surface area contributed by atoms with Crippen LogP contribution in [0, 0.1) is 5.92 Å². The van der Waals surface area contributed by atoms with Crippen LogP contribution in [0.25, 0.3) is 0 Å². The Morgan fingerprint density at radius 3 is 2.89 bits per heavy atom. The Balaban J connectivity index is 1.68. The lowest BCUT2D eigenvalue weighted by molar-refractivity contribution is 0.0660. The van der Waals surface area contributed by atoms with Gasteiger partial charge in [-0.05, 0) is 24.9 Å². The number of carboxylic acids is 1. The Kier molecular flexibility index (Phi) is 4.81. The Bertz CT molecular complexity index is 380. The molecule has 0 spiro atoms. The minimum Gasteiger partial charge on any atom is -0.475 e. The number of nitrogens with one attached hydrogen (secondary N) is 1. The zero-order valence-corrected chi connectivity index (χ0v) is 10.7. The first-order chi connectivity index (χ1) is 8.77. The van der Waals surface area contributed by atoms with Gasteiger partial charge in [-0.1, -0.05) is 32.1 Å². The molecule has 0 aliphatic heterocycles. The van der Waals surface area contributed by atoms with Crippen molar-refractivity contribution in [3.05, 3.63) is 23.7 Å². The Morgan fingerprint density at radius 2 is 2.17 bits per heavy atom. The van der Waals surface area contributed by atoms with Crippen molar-refractivity contribution >= 4 is 5.97 Å². The molecule has 2 N–H and O–H groups in total. The summed E-state index contributed by atoms with van der Waals surface area (Å²) in [6.07, 6.45) is 9.47. The Morgan fingerprint density at radius 1 is 1.39 bits per heavy atom. The first-order valence-electron chi connectivity index (χ1n) is 6.77. The minimum atomic E-state index is -0.996. The number of aromatic carboxylic acids is 1. The first kappa shape index (κ1) is 13.1. The maximum Gasteiger partial charge on any atom is 0.372 e. The van der Waals surface area contributed by atoms with Gasteiger partial charge in [-0.2, -0.15) is 0 Å². The average molecular weight is 251 g/mol. The van der Waals surface area contributed by atoms with Crippen molar-refractivity contribution in [3.63, 3.8) is 0 Å². The number of furan rings is 1. The molecule has 0 saturated heterocycles. The number of carbonyl (C=O) groups is 1. The van der Waals surface area contributed by atoms with Crippen LogP contribution >= 0.6 is 0 Å². The zero-order valence-electron chi connectivity index (χ0n) is 10.7. The monoisotopic (exact) mass is 251 g/mol. The smallest absolute Gasteiger partial charge is 0.372 e. The van der Waals surface area contributed by atoms with Gasteiger partial charge in [0.1, 0.15) is 0 Å². The van der Waals surface area contributed by atoms with Gasteiger partial charge in [0.15, 0.2) is 0 Å². The van der Waals surface area contributed by atoms with Gasteiger partial charge < -0.3 is 14.8 Å². The van der Waals surface area contributed by atoms with Gasteiger partial charge in [0.05, 0.1) is 6.26 Å². The second kappa shape index (κ2) is 6.59. The molecule has 0 bridgehead atoms. The molecule has 0 amide bonds. The van der Waals surface area contributed by atoms with Crippen LogP contribution in [0.2, 0.25) is 0 Å². The van der Waals surface area contributed by atoms with Crippen LogP contribution in [0.5, 0.6) is 0 Å². The van der Waals surface area contributed by atoms with Gasteiger partial charge in [0, 0.05) is 12.1 Å². The van der Waals surface area contributed by atoms with E-state index in [1.54, 1.807) is 6.07 Å². The fourth-order valence-corrected chi connectivity index (χ4v) is 2.67. The quantitative estimate of drug-likeness (QED) is 0.763. The molecule has 1 saturated carbocycles. The Hall–Kier alpha value is -1.29. The van der Waals surface area contributed by atoms with E-state index in [-0.39, 0.29) is 5.76 Å². The van der Waals surface area contributed by atoms with Crippen molar-refractivity contribution < 1.29 is 14.3 Å². The van der Waals surface area contributed by atoms with Gasteiger partial charge in [-0.15, -0.1) is 0 Å². The van der Waals surface area contributed by atoms with Crippen molar-refractivity contribution in [2.45, 2.75) is 45.1 Å². The molecular formula is C14H21NO3. The maximum atomic E-state index is 10.8. The Labute approximate surface area is 107 Å². The highest BCUT2D eigenvalue weighted by atomic mass is 16.4. The molecule has 0 unspecified atom stereocenters. The van der Waals surface area contributed by atoms with Gasteiger partial charge >= 0.3 is 5.97 Å². The third-order valence-corrected chi connectivity index (χ3v) is 3.71. The van der Waals surface area contributed by atoms with Gasteiger partial charge in [-0.25, -0.2) is 4.79 Å². The van der Waals surface area contributed by atoms with E-state index in [0.29, 0.717) is 6.54 Å². The molecule has 1 fully saturated rings. The van der Waals surface area contributed by atoms with Crippen LogP contribution in [0.15, 0.2) is 16.7 Å². The summed E-state index contributed by atoms with van der Waals surface area (Å²) in [4.78, 5) is 10.8. The molecule has 1 heterocycles. The summed E-state index contributed by atoms with van der Waals surface area (Å²) in [5.41, 5.74) is 0.728. The molecule has 2 rings (SSSR count). The summed E-state index contributed by atoms with van der Waals surface area (Å²) in [6.45, 7) is 1.53. The number of rotatable bonds is 6. The van der Waals surface area contributed by atoms with Crippen molar-refractivity contribution in [3.8, 4) is 0 Å². The van der Waals surface area contributed by atoms with E-state index in [0.717, 1.165) is 18.0 Å². The summed E-state index contributed by atoms with van der Waals surface area (Å²) >= 11 is 0. The molecule has 1 aliphatic carbocycles. The molecule has 0 radical (unpaired) electrons. The summed E-state index contributed by atoms with van der Waals surface area (Å²) in [5.74, 6) is -0.0845. The molecule has 4 heteroatoms. The summed E-state index contributed by atoms with van der Waals surface area (Å²) in [5, 5.41) is 12.2. The van der Waals surface area contributed by atoms with Gasteiger partial charge in [0.2, 0.25) is 5.76 Å². The SMILES string of the molecule is O=C(O)c1occc1CNCCC1CCCCC1. The van der Waals surface area contributed by atoms with Crippen LogP contribution < -0.4 is 5.32 Å². The minimum absolute atomic E-state index is 0.0557. The largest absolute Gasteiger partial charge is 0.475 e. The lowest BCUT2D eigenvalue weighted by Gasteiger charge is -2.21. The predicted molar refractivity (Wildman–Crippen MR) is 68.6 cm³/mol. The average Bonchev–Trinajstić information content (AvgIpc) is 2.84.